The average molecular weight is 321 g/mol. The molecule has 0 aliphatic carbocycles. The quantitative estimate of drug-likeness (QED) is 0.909. The minimum absolute atomic E-state index is 0.0943. The van der Waals surface area contributed by atoms with E-state index in [4.69, 9.17) is 0 Å². The third kappa shape index (κ3) is 3.28. The summed E-state index contributed by atoms with van der Waals surface area (Å²) in [6.45, 7) is 2.61. The summed E-state index contributed by atoms with van der Waals surface area (Å²) in [5.41, 5.74) is 0.506. The number of halogens is 1. The molecule has 22 heavy (non-hydrogen) atoms. The molecule has 3 rings (SSSR count). The van der Waals surface area contributed by atoms with Gasteiger partial charge >= 0.3 is 0 Å². The summed E-state index contributed by atoms with van der Waals surface area (Å²) in [5.74, 6) is -0.251. The largest absolute Gasteiger partial charge is 0.507 e. The molecule has 4 nitrogen and oxygen atoms in total. The van der Waals surface area contributed by atoms with Gasteiger partial charge in [-0.05, 0) is 44.8 Å². The number of benzene rings is 1. The summed E-state index contributed by atoms with van der Waals surface area (Å²) in [6, 6.07) is 4.56. The van der Waals surface area contributed by atoms with E-state index in [9.17, 15) is 9.50 Å². The summed E-state index contributed by atoms with van der Waals surface area (Å²) < 4.78 is 13.3. The molecule has 0 aromatic heterocycles. The lowest BCUT2D eigenvalue weighted by molar-refractivity contribution is 0.302. The van der Waals surface area contributed by atoms with Crippen LogP contribution in [0, 0.1) is 5.82 Å². The number of aromatic hydroxyl groups is 1. The standard InChI is InChI=1S/C16H20FN3OS/c1-19(2)13-5-6-20(10-13)16-18-9-14(22-16)8-11-7-12(17)3-4-15(11)21/h3-4,7-8,13,21H,5-6,9-10H2,1-2H3/t13-/m1/s1. The summed E-state index contributed by atoms with van der Waals surface area (Å²) in [6.07, 6.45) is 2.97. The first-order chi connectivity index (χ1) is 10.5. The molecule has 0 spiro atoms. The van der Waals surface area contributed by atoms with E-state index in [1.165, 1.54) is 18.2 Å². The van der Waals surface area contributed by atoms with Crippen molar-refractivity contribution in [3.05, 3.63) is 34.5 Å². The normalized spacial score (nSPS) is 23.6. The van der Waals surface area contributed by atoms with Crippen molar-refractivity contribution in [2.75, 3.05) is 33.7 Å². The Bertz CT molecular complexity index is 630. The van der Waals surface area contributed by atoms with Crippen molar-refractivity contribution < 1.29 is 9.50 Å². The van der Waals surface area contributed by atoms with Gasteiger partial charge in [-0.15, -0.1) is 0 Å². The molecule has 0 unspecified atom stereocenters. The van der Waals surface area contributed by atoms with Crippen molar-refractivity contribution in [3.8, 4) is 5.75 Å². The summed E-state index contributed by atoms with van der Waals surface area (Å²) in [7, 11) is 4.21. The molecule has 1 fully saturated rings. The van der Waals surface area contributed by atoms with Gasteiger partial charge in [-0.2, -0.15) is 0 Å². The highest BCUT2D eigenvalue weighted by molar-refractivity contribution is 8.17. The second kappa shape index (κ2) is 6.30. The van der Waals surface area contributed by atoms with Crippen LogP contribution in [0.25, 0.3) is 6.08 Å². The van der Waals surface area contributed by atoms with E-state index in [1.54, 1.807) is 11.8 Å². The highest BCUT2D eigenvalue weighted by Crippen LogP contribution is 2.32. The van der Waals surface area contributed by atoms with Crippen LogP contribution in [0.4, 0.5) is 4.39 Å². The van der Waals surface area contributed by atoms with E-state index in [-0.39, 0.29) is 11.6 Å². The first-order valence-electron chi connectivity index (χ1n) is 7.35. The number of aliphatic imine (C=N–C) groups is 1. The molecular formula is C16H20FN3OS. The minimum atomic E-state index is -0.345. The first kappa shape index (κ1) is 15.4. The second-order valence-electron chi connectivity index (χ2n) is 5.87. The van der Waals surface area contributed by atoms with Crippen molar-refractivity contribution in [1.29, 1.82) is 0 Å². The molecule has 1 aromatic carbocycles. The molecule has 0 amide bonds. The summed E-state index contributed by atoms with van der Waals surface area (Å²) in [5, 5.41) is 10.8. The predicted octanol–water partition coefficient (Wildman–Crippen LogP) is 2.61. The number of hydrogen-bond acceptors (Lipinski definition) is 5. The number of likely N-dealkylation sites (N-methyl/N-ethyl adjacent to an activating group) is 1. The molecule has 2 aliphatic heterocycles. The van der Waals surface area contributed by atoms with Crippen molar-refractivity contribution in [2.45, 2.75) is 12.5 Å². The predicted molar refractivity (Wildman–Crippen MR) is 89.6 cm³/mol. The molecule has 1 saturated heterocycles. The molecule has 6 heteroatoms. The third-order valence-electron chi connectivity index (χ3n) is 4.06. The van der Waals surface area contributed by atoms with Crippen molar-refractivity contribution in [1.82, 2.24) is 9.80 Å². The Hall–Kier alpha value is -1.53. The number of hydrogen-bond donors (Lipinski definition) is 1. The van der Waals surface area contributed by atoms with E-state index < -0.39 is 0 Å². The van der Waals surface area contributed by atoms with Crippen LogP contribution in [-0.2, 0) is 0 Å². The van der Waals surface area contributed by atoms with Crippen molar-refractivity contribution in [2.24, 2.45) is 4.99 Å². The zero-order valence-electron chi connectivity index (χ0n) is 12.8. The fourth-order valence-corrected chi connectivity index (χ4v) is 3.69. The maximum absolute atomic E-state index is 13.3. The van der Waals surface area contributed by atoms with Gasteiger partial charge in [0.2, 0.25) is 0 Å². The highest BCUT2D eigenvalue weighted by Gasteiger charge is 2.28. The Morgan fingerprint density at radius 2 is 2.27 bits per heavy atom. The van der Waals surface area contributed by atoms with Crippen LogP contribution in [0.2, 0.25) is 0 Å². The number of thioether (sulfide) groups is 1. The molecule has 1 aromatic rings. The fraction of sp³-hybridized carbons (Fsp3) is 0.438. The van der Waals surface area contributed by atoms with Gasteiger partial charge in [-0.25, -0.2) is 4.39 Å². The van der Waals surface area contributed by atoms with Gasteiger partial charge in [-0.1, -0.05) is 11.8 Å². The van der Waals surface area contributed by atoms with Crippen LogP contribution in [0.1, 0.15) is 12.0 Å². The van der Waals surface area contributed by atoms with Crippen LogP contribution in [-0.4, -0.2) is 59.8 Å². The lowest BCUT2D eigenvalue weighted by atomic mass is 10.2. The Morgan fingerprint density at radius 3 is 3.00 bits per heavy atom. The number of phenolic OH excluding ortho intramolecular Hbond substituents is 1. The fourth-order valence-electron chi connectivity index (χ4n) is 2.72. The lowest BCUT2D eigenvalue weighted by Gasteiger charge is -2.20. The third-order valence-corrected chi connectivity index (χ3v) is 5.14. The Morgan fingerprint density at radius 1 is 1.45 bits per heavy atom. The van der Waals surface area contributed by atoms with E-state index >= 15 is 0 Å². The maximum atomic E-state index is 13.3. The Labute approximate surface area is 134 Å². The van der Waals surface area contributed by atoms with Crippen LogP contribution >= 0.6 is 11.8 Å². The zero-order valence-corrected chi connectivity index (χ0v) is 13.6. The van der Waals surface area contributed by atoms with Gasteiger partial charge in [0.05, 0.1) is 6.54 Å². The average Bonchev–Trinajstić information content (AvgIpc) is 3.11. The van der Waals surface area contributed by atoms with Crippen molar-refractivity contribution in [3.63, 3.8) is 0 Å². The van der Waals surface area contributed by atoms with E-state index in [2.05, 4.69) is 28.9 Å². The second-order valence-corrected chi connectivity index (χ2v) is 6.96. The molecule has 0 saturated carbocycles. The van der Waals surface area contributed by atoms with E-state index in [0.29, 0.717) is 18.2 Å². The number of rotatable bonds is 2. The van der Waals surface area contributed by atoms with Crippen LogP contribution in [0.5, 0.6) is 5.75 Å². The molecule has 1 N–H and O–H groups in total. The zero-order chi connectivity index (χ0) is 15.7. The Kier molecular flexibility index (Phi) is 4.40. The van der Waals surface area contributed by atoms with Crippen LogP contribution in [0.3, 0.4) is 0 Å². The number of amidine groups is 1. The molecule has 0 bridgehead atoms. The first-order valence-corrected chi connectivity index (χ1v) is 8.17. The Balaban J connectivity index is 1.67. The van der Waals surface area contributed by atoms with Gasteiger partial charge in [0.15, 0.2) is 5.17 Å². The van der Waals surface area contributed by atoms with Gasteiger partial charge in [-0.3, -0.25) is 4.99 Å². The van der Waals surface area contributed by atoms with Gasteiger partial charge in [0, 0.05) is 29.6 Å². The van der Waals surface area contributed by atoms with E-state index in [1.807, 2.05) is 6.08 Å². The molecule has 2 heterocycles. The monoisotopic (exact) mass is 321 g/mol. The molecule has 2 aliphatic rings. The molecular weight excluding hydrogens is 301 g/mol. The number of nitrogens with zero attached hydrogens (tertiary/aromatic N) is 3. The smallest absolute Gasteiger partial charge is 0.164 e. The summed E-state index contributed by atoms with van der Waals surface area (Å²) >= 11 is 1.62. The molecule has 1 atom stereocenters. The molecule has 0 radical (unpaired) electrons. The minimum Gasteiger partial charge on any atom is -0.507 e. The van der Waals surface area contributed by atoms with Crippen molar-refractivity contribution >= 4 is 23.0 Å². The van der Waals surface area contributed by atoms with Crippen LogP contribution in [0.15, 0.2) is 28.1 Å². The SMILES string of the molecule is CN(C)[C@@H]1CCN(C2=NCC(=Cc3cc(F)ccc3O)S2)C1. The van der Waals surface area contributed by atoms with Gasteiger partial charge < -0.3 is 14.9 Å². The van der Waals surface area contributed by atoms with Gasteiger partial charge in [0.25, 0.3) is 0 Å². The van der Waals surface area contributed by atoms with E-state index in [0.717, 1.165) is 29.6 Å². The number of likely N-dealkylation sites (tertiary alicyclic amines) is 1. The maximum Gasteiger partial charge on any atom is 0.164 e. The van der Waals surface area contributed by atoms with Gasteiger partial charge in [0.1, 0.15) is 11.6 Å². The molecule has 118 valence electrons. The number of phenols is 1. The highest BCUT2D eigenvalue weighted by atomic mass is 32.2. The topological polar surface area (TPSA) is 39.1 Å². The lowest BCUT2D eigenvalue weighted by Crippen LogP contribution is -2.33. The van der Waals surface area contributed by atoms with Crippen LogP contribution < -0.4 is 0 Å². The summed E-state index contributed by atoms with van der Waals surface area (Å²) in [4.78, 5) is 10.2.